The summed E-state index contributed by atoms with van der Waals surface area (Å²) in [4.78, 5) is 12.8. The summed E-state index contributed by atoms with van der Waals surface area (Å²) in [7, 11) is -3.97. The van der Waals surface area contributed by atoms with Gasteiger partial charge in [0.1, 0.15) is 24.7 Å². The van der Waals surface area contributed by atoms with Crippen molar-refractivity contribution in [3.05, 3.63) is 72.4 Å². The smallest absolute Gasteiger partial charge is 0.265 e. The Morgan fingerprint density at radius 2 is 1.88 bits per heavy atom. The lowest BCUT2D eigenvalue weighted by atomic mass is 10.2. The standard InChI is InChI=1S/C23H28N4O4S/c1-18(2)27-23(12-13-25-27)26(32(29,30)21-10-5-4-6-11-21)17-22(28)24-14-15-31-20-9-7-8-19(3)16-20/h4-13,16,18H,14-15,17H2,1-3H3,(H,24,28). The van der Waals surface area contributed by atoms with Crippen LogP contribution in [-0.2, 0) is 14.8 Å². The van der Waals surface area contributed by atoms with Gasteiger partial charge in [-0.1, -0.05) is 30.3 Å². The number of carbonyl (C=O) groups is 1. The molecule has 1 N–H and O–H groups in total. The number of nitrogens with one attached hydrogen (secondary N) is 1. The SMILES string of the molecule is Cc1cccc(OCCNC(=O)CN(c2ccnn2C(C)C)S(=O)(=O)c2ccccc2)c1. The van der Waals surface area contributed by atoms with Crippen LogP contribution in [0.2, 0.25) is 0 Å². The number of aryl methyl sites for hydroxylation is 1. The van der Waals surface area contributed by atoms with Crippen LogP contribution in [0.25, 0.3) is 0 Å². The average Bonchev–Trinajstić information content (AvgIpc) is 3.25. The molecular formula is C23H28N4O4S. The highest BCUT2D eigenvalue weighted by Gasteiger charge is 2.30. The first-order chi connectivity index (χ1) is 15.3. The van der Waals surface area contributed by atoms with E-state index in [-0.39, 0.29) is 30.6 Å². The van der Waals surface area contributed by atoms with Crippen LogP contribution < -0.4 is 14.4 Å². The number of anilines is 1. The Balaban J connectivity index is 1.72. The Morgan fingerprint density at radius 3 is 2.56 bits per heavy atom. The van der Waals surface area contributed by atoms with E-state index in [0.717, 1.165) is 9.87 Å². The molecule has 0 fully saturated rings. The molecule has 1 heterocycles. The van der Waals surface area contributed by atoms with Crippen molar-refractivity contribution in [2.24, 2.45) is 0 Å². The monoisotopic (exact) mass is 456 g/mol. The van der Waals surface area contributed by atoms with Gasteiger partial charge in [0.05, 0.1) is 17.6 Å². The van der Waals surface area contributed by atoms with E-state index in [1.54, 1.807) is 28.9 Å². The Bertz CT molecular complexity index is 1140. The van der Waals surface area contributed by atoms with Gasteiger partial charge in [0.2, 0.25) is 5.91 Å². The Hall–Kier alpha value is -3.33. The first kappa shape index (κ1) is 23.3. The molecule has 0 unspecified atom stereocenters. The molecule has 32 heavy (non-hydrogen) atoms. The molecule has 1 aromatic heterocycles. The molecule has 9 heteroatoms. The van der Waals surface area contributed by atoms with Crippen molar-refractivity contribution in [3.8, 4) is 5.75 Å². The minimum atomic E-state index is -3.97. The summed E-state index contributed by atoms with van der Waals surface area (Å²) in [5, 5.41) is 6.96. The minimum Gasteiger partial charge on any atom is -0.492 e. The Kier molecular flexibility index (Phi) is 7.53. The number of nitrogens with zero attached hydrogens (tertiary/aromatic N) is 3. The van der Waals surface area contributed by atoms with Crippen molar-refractivity contribution < 1.29 is 17.9 Å². The summed E-state index contributed by atoms with van der Waals surface area (Å²) < 4.78 is 35.0. The predicted molar refractivity (Wildman–Crippen MR) is 123 cm³/mol. The molecule has 0 aliphatic rings. The highest BCUT2D eigenvalue weighted by molar-refractivity contribution is 7.92. The zero-order chi connectivity index (χ0) is 23.1. The number of amides is 1. The van der Waals surface area contributed by atoms with E-state index in [0.29, 0.717) is 11.6 Å². The van der Waals surface area contributed by atoms with Gasteiger partial charge >= 0.3 is 0 Å². The molecular weight excluding hydrogens is 428 g/mol. The molecule has 8 nitrogen and oxygen atoms in total. The highest BCUT2D eigenvalue weighted by Crippen LogP contribution is 2.25. The lowest BCUT2D eigenvalue weighted by molar-refractivity contribution is -0.119. The molecule has 0 aliphatic carbocycles. The zero-order valence-corrected chi connectivity index (χ0v) is 19.2. The molecule has 0 saturated heterocycles. The molecule has 3 aromatic rings. The number of benzene rings is 2. The first-order valence-corrected chi connectivity index (χ1v) is 11.8. The van der Waals surface area contributed by atoms with Crippen molar-refractivity contribution in [1.29, 1.82) is 0 Å². The number of ether oxygens (including phenoxy) is 1. The fourth-order valence-electron chi connectivity index (χ4n) is 3.16. The van der Waals surface area contributed by atoms with E-state index in [4.69, 9.17) is 4.74 Å². The largest absolute Gasteiger partial charge is 0.492 e. The summed E-state index contributed by atoms with van der Waals surface area (Å²) in [5.74, 6) is 0.609. The van der Waals surface area contributed by atoms with E-state index < -0.39 is 15.9 Å². The van der Waals surface area contributed by atoms with Crippen LogP contribution in [0.15, 0.2) is 71.8 Å². The van der Waals surface area contributed by atoms with Crippen LogP contribution in [0.3, 0.4) is 0 Å². The molecule has 1 amide bonds. The van der Waals surface area contributed by atoms with Gasteiger partial charge in [-0.25, -0.2) is 17.4 Å². The Labute approximate surface area is 188 Å². The van der Waals surface area contributed by atoms with Crippen LogP contribution in [0, 0.1) is 6.92 Å². The normalized spacial score (nSPS) is 11.4. The minimum absolute atomic E-state index is 0.0840. The number of hydrogen-bond acceptors (Lipinski definition) is 5. The van der Waals surface area contributed by atoms with Crippen LogP contribution in [-0.4, -0.2) is 43.8 Å². The molecule has 2 aromatic carbocycles. The Morgan fingerprint density at radius 1 is 1.12 bits per heavy atom. The molecule has 170 valence electrons. The summed E-state index contributed by atoms with van der Waals surface area (Å²) >= 11 is 0. The highest BCUT2D eigenvalue weighted by atomic mass is 32.2. The molecule has 0 saturated carbocycles. The van der Waals surface area contributed by atoms with E-state index in [1.807, 2.05) is 45.0 Å². The van der Waals surface area contributed by atoms with Crippen molar-refractivity contribution in [2.75, 3.05) is 24.0 Å². The maximum absolute atomic E-state index is 13.4. The van der Waals surface area contributed by atoms with Gasteiger partial charge in [0.15, 0.2) is 0 Å². The summed E-state index contributed by atoms with van der Waals surface area (Å²) in [6.07, 6.45) is 1.52. The third-order valence-corrected chi connectivity index (χ3v) is 6.46. The number of carbonyl (C=O) groups excluding carboxylic acids is 1. The van der Waals surface area contributed by atoms with Crippen molar-refractivity contribution in [2.45, 2.75) is 31.7 Å². The van der Waals surface area contributed by atoms with Crippen molar-refractivity contribution in [1.82, 2.24) is 15.1 Å². The second kappa shape index (κ2) is 10.3. The molecule has 0 radical (unpaired) electrons. The van der Waals surface area contributed by atoms with Gasteiger partial charge < -0.3 is 10.1 Å². The lowest BCUT2D eigenvalue weighted by Crippen LogP contribution is -2.42. The molecule has 0 bridgehead atoms. The van der Waals surface area contributed by atoms with E-state index in [9.17, 15) is 13.2 Å². The van der Waals surface area contributed by atoms with Gasteiger partial charge in [-0.2, -0.15) is 5.10 Å². The fourth-order valence-corrected chi connectivity index (χ4v) is 4.60. The van der Waals surface area contributed by atoms with Crippen LogP contribution >= 0.6 is 0 Å². The maximum Gasteiger partial charge on any atom is 0.265 e. The second-order valence-corrected chi connectivity index (χ2v) is 9.43. The molecule has 0 atom stereocenters. The number of hydrogen-bond donors (Lipinski definition) is 1. The van der Waals surface area contributed by atoms with Crippen LogP contribution in [0.5, 0.6) is 5.75 Å². The van der Waals surface area contributed by atoms with Crippen molar-refractivity contribution >= 4 is 21.7 Å². The van der Waals surface area contributed by atoms with Gasteiger partial charge in [-0.15, -0.1) is 0 Å². The van der Waals surface area contributed by atoms with Crippen LogP contribution in [0.4, 0.5) is 5.82 Å². The topological polar surface area (TPSA) is 93.5 Å². The van der Waals surface area contributed by atoms with E-state index >= 15 is 0 Å². The number of rotatable bonds is 10. The van der Waals surface area contributed by atoms with Crippen LogP contribution in [0.1, 0.15) is 25.5 Å². The van der Waals surface area contributed by atoms with Gasteiger partial charge in [-0.05, 0) is 50.6 Å². The van der Waals surface area contributed by atoms with Gasteiger partial charge in [-0.3, -0.25) is 4.79 Å². The van der Waals surface area contributed by atoms with E-state index in [2.05, 4.69) is 10.4 Å². The summed E-state index contributed by atoms with van der Waals surface area (Å²) in [6.45, 7) is 5.90. The van der Waals surface area contributed by atoms with Gasteiger partial charge in [0, 0.05) is 12.1 Å². The number of aromatic nitrogens is 2. The number of sulfonamides is 1. The van der Waals surface area contributed by atoms with Gasteiger partial charge in [0.25, 0.3) is 10.0 Å². The molecule has 0 aliphatic heterocycles. The fraction of sp³-hybridized carbons (Fsp3) is 0.304. The summed E-state index contributed by atoms with van der Waals surface area (Å²) in [6, 6.07) is 17.2. The molecule has 3 rings (SSSR count). The van der Waals surface area contributed by atoms with E-state index in [1.165, 1.54) is 18.3 Å². The predicted octanol–water partition coefficient (Wildman–Crippen LogP) is 3.16. The zero-order valence-electron chi connectivity index (χ0n) is 18.4. The maximum atomic E-state index is 13.4. The average molecular weight is 457 g/mol. The lowest BCUT2D eigenvalue weighted by Gasteiger charge is -2.25. The third-order valence-electron chi connectivity index (χ3n) is 4.69. The molecule has 0 spiro atoms. The second-order valence-electron chi connectivity index (χ2n) is 7.57. The first-order valence-electron chi connectivity index (χ1n) is 10.4. The third kappa shape index (κ3) is 5.67. The quantitative estimate of drug-likeness (QED) is 0.473. The summed E-state index contributed by atoms with van der Waals surface area (Å²) in [5.41, 5.74) is 1.08. The van der Waals surface area contributed by atoms with Crippen molar-refractivity contribution in [3.63, 3.8) is 0 Å².